The van der Waals surface area contributed by atoms with Crippen LogP contribution in [0, 0.1) is 22.7 Å². The minimum absolute atomic E-state index is 0.656. The van der Waals surface area contributed by atoms with Crippen LogP contribution in [0.4, 0.5) is 0 Å². The molecule has 2 heteroatoms. The van der Waals surface area contributed by atoms with Crippen LogP contribution in [0.1, 0.15) is 11.1 Å². The van der Waals surface area contributed by atoms with E-state index in [0.29, 0.717) is 11.1 Å². The lowest BCUT2D eigenvalue weighted by atomic mass is 9.98. The number of hydrogen-bond donors (Lipinski definition) is 0. The van der Waals surface area contributed by atoms with Gasteiger partial charge in [-0.25, -0.2) is 0 Å². The van der Waals surface area contributed by atoms with Crippen LogP contribution in [0.15, 0.2) is 72.8 Å². The molecular weight excluding hydrogens is 268 g/mol. The molecule has 0 heterocycles. The van der Waals surface area contributed by atoms with E-state index in [1.54, 1.807) is 12.1 Å². The third kappa shape index (κ3) is 2.73. The molecule has 102 valence electrons. The van der Waals surface area contributed by atoms with E-state index in [1.165, 1.54) is 0 Å². The minimum atomic E-state index is 0.656. The predicted molar refractivity (Wildman–Crippen MR) is 86.7 cm³/mol. The topological polar surface area (TPSA) is 47.6 Å². The highest BCUT2D eigenvalue weighted by Crippen LogP contribution is 2.25. The molecule has 0 aliphatic heterocycles. The minimum Gasteiger partial charge on any atom is -0.192 e. The van der Waals surface area contributed by atoms with Gasteiger partial charge >= 0.3 is 0 Å². The zero-order valence-corrected chi connectivity index (χ0v) is 11.8. The first kappa shape index (κ1) is 13.6. The average molecular weight is 280 g/mol. The lowest BCUT2D eigenvalue weighted by Crippen LogP contribution is -1.83. The van der Waals surface area contributed by atoms with Gasteiger partial charge in [-0.3, -0.25) is 0 Å². The van der Waals surface area contributed by atoms with Crippen molar-refractivity contribution in [3.8, 4) is 34.4 Å². The molecule has 0 saturated heterocycles. The van der Waals surface area contributed by atoms with E-state index in [2.05, 4.69) is 12.1 Å². The molecule has 0 aromatic heterocycles. The maximum atomic E-state index is 8.97. The van der Waals surface area contributed by atoms with E-state index < -0.39 is 0 Å². The molecule has 0 aliphatic carbocycles. The molecule has 3 aromatic carbocycles. The average Bonchev–Trinajstić information content (AvgIpc) is 2.62. The van der Waals surface area contributed by atoms with Gasteiger partial charge in [0.05, 0.1) is 23.3 Å². The van der Waals surface area contributed by atoms with Crippen molar-refractivity contribution in [3.05, 3.63) is 83.9 Å². The number of nitrogens with zero attached hydrogens (tertiary/aromatic N) is 2. The van der Waals surface area contributed by atoms with E-state index in [9.17, 15) is 0 Å². The quantitative estimate of drug-likeness (QED) is 0.679. The van der Waals surface area contributed by atoms with Crippen molar-refractivity contribution in [2.45, 2.75) is 0 Å². The Bertz CT molecular complexity index is 817. The summed E-state index contributed by atoms with van der Waals surface area (Å²) >= 11 is 0. The smallest absolute Gasteiger partial charge is 0.0991 e. The summed E-state index contributed by atoms with van der Waals surface area (Å²) in [6.45, 7) is 0. The third-order valence-corrected chi connectivity index (χ3v) is 3.53. The molecule has 0 fully saturated rings. The van der Waals surface area contributed by atoms with Crippen molar-refractivity contribution in [3.63, 3.8) is 0 Å². The lowest BCUT2D eigenvalue weighted by Gasteiger charge is -2.05. The van der Waals surface area contributed by atoms with Crippen LogP contribution in [-0.4, -0.2) is 0 Å². The normalized spacial score (nSPS) is 9.73. The zero-order valence-electron chi connectivity index (χ0n) is 11.8. The predicted octanol–water partition coefficient (Wildman–Crippen LogP) is 4.76. The van der Waals surface area contributed by atoms with E-state index in [1.807, 2.05) is 60.7 Å². The lowest BCUT2D eigenvalue weighted by molar-refractivity contribution is 1.48. The van der Waals surface area contributed by atoms with E-state index in [-0.39, 0.29) is 0 Å². The van der Waals surface area contributed by atoms with Crippen LogP contribution in [-0.2, 0) is 0 Å². The summed E-state index contributed by atoms with van der Waals surface area (Å²) in [6.07, 6.45) is 0. The van der Waals surface area contributed by atoms with Crippen molar-refractivity contribution in [1.29, 1.82) is 10.5 Å². The van der Waals surface area contributed by atoms with Gasteiger partial charge in [-0.2, -0.15) is 10.5 Å². The Balaban J connectivity index is 1.96. The summed E-state index contributed by atoms with van der Waals surface area (Å²) in [5, 5.41) is 17.9. The Labute approximate surface area is 129 Å². The SMILES string of the molecule is N#Cc1cccc(-c2ccc(-c3cccc(C#N)c3)cc2)c1. The molecule has 0 N–H and O–H groups in total. The first-order valence-electron chi connectivity index (χ1n) is 6.91. The van der Waals surface area contributed by atoms with Crippen molar-refractivity contribution >= 4 is 0 Å². The number of rotatable bonds is 2. The zero-order chi connectivity index (χ0) is 15.4. The second-order valence-corrected chi connectivity index (χ2v) is 4.96. The van der Waals surface area contributed by atoms with Crippen molar-refractivity contribution in [2.24, 2.45) is 0 Å². The fourth-order valence-corrected chi connectivity index (χ4v) is 2.39. The summed E-state index contributed by atoms with van der Waals surface area (Å²) in [4.78, 5) is 0. The van der Waals surface area contributed by atoms with E-state index in [4.69, 9.17) is 10.5 Å². The number of nitriles is 2. The molecular formula is C20H12N2. The second-order valence-electron chi connectivity index (χ2n) is 4.96. The first-order valence-corrected chi connectivity index (χ1v) is 6.91. The number of benzene rings is 3. The van der Waals surface area contributed by atoms with Crippen LogP contribution in [0.2, 0.25) is 0 Å². The van der Waals surface area contributed by atoms with Crippen molar-refractivity contribution in [2.75, 3.05) is 0 Å². The summed E-state index contributed by atoms with van der Waals surface area (Å²) in [5.41, 5.74) is 5.49. The molecule has 0 spiro atoms. The van der Waals surface area contributed by atoms with Gasteiger partial charge in [-0.15, -0.1) is 0 Å². The molecule has 0 unspecified atom stereocenters. The second kappa shape index (κ2) is 5.95. The maximum absolute atomic E-state index is 8.97. The van der Waals surface area contributed by atoms with Gasteiger partial charge in [0.2, 0.25) is 0 Å². The molecule has 22 heavy (non-hydrogen) atoms. The molecule has 2 nitrogen and oxygen atoms in total. The van der Waals surface area contributed by atoms with Crippen molar-refractivity contribution in [1.82, 2.24) is 0 Å². The Morgan fingerprint density at radius 2 is 0.909 bits per heavy atom. The van der Waals surface area contributed by atoms with Crippen LogP contribution in [0.25, 0.3) is 22.3 Å². The van der Waals surface area contributed by atoms with Crippen LogP contribution in [0.5, 0.6) is 0 Å². The summed E-state index contributed by atoms with van der Waals surface area (Å²) in [5.74, 6) is 0. The fourth-order valence-electron chi connectivity index (χ4n) is 2.39. The Kier molecular flexibility index (Phi) is 3.69. The van der Waals surface area contributed by atoms with Gasteiger partial charge < -0.3 is 0 Å². The van der Waals surface area contributed by atoms with Gasteiger partial charge in [0.25, 0.3) is 0 Å². The molecule has 0 aliphatic rings. The molecule has 0 amide bonds. The van der Waals surface area contributed by atoms with Gasteiger partial charge in [0.15, 0.2) is 0 Å². The largest absolute Gasteiger partial charge is 0.192 e. The van der Waals surface area contributed by atoms with Gasteiger partial charge in [0, 0.05) is 0 Å². The Morgan fingerprint density at radius 3 is 1.27 bits per heavy atom. The van der Waals surface area contributed by atoms with Crippen LogP contribution < -0.4 is 0 Å². The number of hydrogen-bond acceptors (Lipinski definition) is 2. The van der Waals surface area contributed by atoms with Gasteiger partial charge in [-0.05, 0) is 46.5 Å². The van der Waals surface area contributed by atoms with Crippen LogP contribution >= 0.6 is 0 Å². The highest BCUT2D eigenvalue weighted by Gasteiger charge is 2.02. The Morgan fingerprint density at radius 1 is 0.500 bits per heavy atom. The van der Waals surface area contributed by atoms with Crippen molar-refractivity contribution < 1.29 is 0 Å². The summed E-state index contributed by atoms with van der Waals surface area (Å²) < 4.78 is 0. The summed E-state index contributed by atoms with van der Waals surface area (Å²) in [6, 6.07) is 27.6. The molecule has 3 rings (SSSR count). The van der Waals surface area contributed by atoms with E-state index in [0.717, 1.165) is 22.3 Å². The molecule has 3 aromatic rings. The summed E-state index contributed by atoms with van der Waals surface area (Å²) in [7, 11) is 0. The molecule has 0 saturated carbocycles. The Hall–Kier alpha value is -3.36. The highest BCUT2D eigenvalue weighted by atomic mass is 14.2. The van der Waals surface area contributed by atoms with Crippen LogP contribution in [0.3, 0.4) is 0 Å². The van der Waals surface area contributed by atoms with E-state index >= 15 is 0 Å². The van der Waals surface area contributed by atoms with Gasteiger partial charge in [-0.1, -0.05) is 48.5 Å². The van der Waals surface area contributed by atoms with Gasteiger partial charge in [0.1, 0.15) is 0 Å². The first-order chi connectivity index (χ1) is 10.8. The highest BCUT2D eigenvalue weighted by molar-refractivity contribution is 5.71. The third-order valence-electron chi connectivity index (χ3n) is 3.53. The monoisotopic (exact) mass is 280 g/mol. The maximum Gasteiger partial charge on any atom is 0.0991 e. The molecule has 0 bridgehead atoms. The molecule has 0 atom stereocenters. The molecule has 0 radical (unpaired) electrons. The standard InChI is InChI=1S/C20H12N2/c21-13-15-3-1-5-19(11-15)17-7-9-18(10-8-17)20-6-2-4-16(12-20)14-22/h1-12H. The fraction of sp³-hybridized carbons (Fsp3) is 0.